The Bertz CT molecular complexity index is 1260. The number of hydrogen-bond acceptors (Lipinski definition) is 5. The fraction of sp³-hybridized carbons (Fsp3) is 0.227. The molecule has 0 bridgehead atoms. The summed E-state index contributed by atoms with van der Waals surface area (Å²) in [4.78, 5) is 0.260. The normalized spacial score (nSPS) is 16.2. The second-order valence-corrected chi connectivity index (χ2v) is 9.24. The maximum Gasteiger partial charge on any atom is 0.206 e. The molecular formula is C22H22FN3O3S. The van der Waals surface area contributed by atoms with Gasteiger partial charge in [0.1, 0.15) is 23.4 Å². The fourth-order valence-electron chi connectivity index (χ4n) is 3.68. The van der Waals surface area contributed by atoms with E-state index in [9.17, 15) is 12.8 Å². The summed E-state index contributed by atoms with van der Waals surface area (Å²) < 4.78 is 48.5. The Morgan fingerprint density at radius 3 is 2.40 bits per heavy atom. The number of nitrogens with one attached hydrogen (secondary N) is 1. The molecule has 0 amide bonds. The average Bonchev–Trinajstić information content (AvgIpc) is 3.08. The van der Waals surface area contributed by atoms with Crippen LogP contribution in [0.5, 0.6) is 5.75 Å². The SMILES string of the molecule is COc1ccc(S(=O)(=O)C2=C(C)Nc3cc(C)nn3C2c2ccc(C)c(F)c2)cc1. The summed E-state index contributed by atoms with van der Waals surface area (Å²) in [5.74, 6) is 0.823. The molecule has 1 unspecified atom stereocenters. The van der Waals surface area contributed by atoms with Gasteiger partial charge in [-0.05, 0) is 62.2 Å². The molecule has 0 saturated heterocycles. The van der Waals surface area contributed by atoms with E-state index in [1.165, 1.54) is 25.3 Å². The molecule has 4 rings (SSSR count). The zero-order chi connectivity index (χ0) is 21.6. The van der Waals surface area contributed by atoms with Crippen molar-refractivity contribution >= 4 is 15.7 Å². The number of anilines is 1. The third-order valence-corrected chi connectivity index (χ3v) is 7.21. The van der Waals surface area contributed by atoms with Crippen molar-refractivity contribution in [3.63, 3.8) is 0 Å². The fourth-order valence-corrected chi connectivity index (χ4v) is 5.41. The first-order chi connectivity index (χ1) is 14.2. The maximum absolute atomic E-state index is 14.4. The monoisotopic (exact) mass is 427 g/mol. The summed E-state index contributed by atoms with van der Waals surface area (Å²) in [6.07, 6.45) is 0. The first-order valence-corrected chi connectivity index (χ1v) is 10.9. The lowest BCUT2D eigenvalue weighted by molar-refractivity contribution is 0.414. The second kappa shape index (κ2) is 7.28. The number of ether oxygens (including phenoxy) is 1. The van der Waals surface area contributed by atoms with Gasteiger partial charge in [-0.25, -0.2) is 17.5 Å². The number of methoxy groups -OCH3 is 1. The molecule has 1 aliphatic heterocycles. The Morgan fingerprint density at radius 2 is 1.77 bits per heavy atom. The van der Waals surface area contributed by atoms with Crippen LogP contribution in [-0.2, 0) is 9.84 Å². The topological polar surface area (TPSA) is 73.2 Å². The molecule has 2 aromatic carbocycles. The van der Waals surface area contributed by atoms with E-state index in [4.69, 9.17) is 4.74 Å². The van der Waals surface area contributed by atoms with Gasteiger partial charge in [0.05, 0.1) is 22.6 Å². The van der Waals surface area contributed by atoms with Crippen molar-refractivity contribution in [2.45, 2.75) is 31.7 Å². The molecule has 2 heterocycles. The van der Waals surface area contributed by atoms with Gasteiger partial charge >= 0.3 is 0 Å². The number of fused-ring (bicyclic) bond motifs is 1. The van der Waals surface area contributed by atoms with E-state index in [1.807, 2.05) is 13.0 Å². The lowest BCUT2D eigenvalue weighted by Gasteiger charge is -2.30. The number of aryl methyl sites for hydroxylation is 2. The van der Waals surface area contributed by atoms with Crippen LogP contribution in [0.2, 0.25) is 0 Å². The molecule has 6 nitrogen and oxygen atoms in total. The second-order valence-electron chi connectivity index (χ2n) is 7.32. The molecule has 0 fully saturated rings. The van der Waals surface area contributed by atoms with Crippen LogP contribution in [0.3, 0.4) is 0 Å². The van der Waals surface area contributed by atoms with E-state index in [2.05, 4.69) is 10.4 Å². The Hall–Kier alpha value is -3.13. The lowest BCUT2D eigenvalue weighted by atomic mass is 10.0. The first kappa shape index (κ1) is 20.2. The predicted molar refractivity (Wildman–Crippen MR) is 113 cm³/mol. The van der Waals surface area contributed by atoms with Crippen molar-refractivity contribution in [3.05, 3.63) is 81.8 Å². The summed E-state index contributed by atoms with van der Waals surface area (Å²) in [6.45, 7) is 5.20. The highest BCUT2D eigenvalue weighted by atomic mass is 32.2. The van der Waals surface area contributed by atoms with Crippen LogP contribution in [0.4, 0.5) is 10.2 Å². The summed E-state index contributed by atoms with van der Waals surface area (Å²) in [6, 6.07) is 12.0. The van der Waals surface area contributed by atoms with Crippen molar-refractivity contribution in [2.24, 2.45) is 0 Å². The van der Waals surface area contributed by atoms with Crippen molar-refractivity contribution in [1.82, 2.24) is 9.78 Å². The molecular weight excluding hydrogens is 405 g/mol. The van der Waals surface area contributed by atoms with E-state index in [0.717, 1.165) is 5.69 Å². The number of halogens is 1. The van der Waals surface area contributed by atoms with E-state index in [1.54, 1.807) is 42.8 Å². The number of rotatable bonds is 4. The van der Waals surface area contributed by atoms with Crippen LogP contribution >= 0.6 is 0 Å². The van der Waals surface area contributed by atoms with E-state index in [0.29, 0.717) is 28.4 Å². The summed E-state index contributed by atoms with van der Waals surface area (Å²) in [5, 5.41) is 7.63. The molecule has 30 heavy (non-hydrogen) atoms. The van der Waals surface area contributed by atoms with Gasteiger partial charge in [-0.1, -0.05) is 12.1 Å². The minimum atomic E-state index is -3.91. The highest BCUT2D eigenvalue weighted by Crippen LogP contribution is 2.41. The van der Waals surface area contributed by atoms with Crippen LogP contribution < -0.4 is 10.1 Å². The molecule has 0 radical (unpaired) electrons. The summed E-state index contributed by atoms with van der Waals surface area (Å²) in [7, 11) is -2.39. The van der Waals surface area contributed by atoms with Crippen LogP contribution in [0.1, 0.15) is 29.8 Å². The highest BCUT2D eigenvalue weighted by Gasteiger charge is 2.37. The van der Waals surface area contributed by atoms with Crippen molar-refractivity contribution in [1.29, 1.82) is 0 Å². The van der Waals surface area contributed by atoms with Crippen molar-refractivity contribution in [2.75, 3.05) is 12.4 Å². The number of aromatic nitrogens is 2. The van der Waals surface area contributed by atoms with Crippen LogP contribution in [0.25, 0.3) is 0 Å². The molecule has 156 valence electrons. The largest absolute Gasteiger partial charge is 0.497 e. The van der Waals surface area contributed by atoms with E-state index >= 15 is 0 Å². The lowest BCUT2D eigenvalue weighted by Crippen LogP contribution is -2.28. The third-order valence-electron chi connectivity index (χ3n) is 5.21. The predicted octanol–water partition coefficient (Wildman–Crippen LogP) is 4.37. The number of sulfone groups is 1. The molecule has 1 atom stereocenters. The molecule has 8 heteroatoms. The molecule has 0 spiro atoms. The molecule has 1 N–H and O–H groups in total. The van der Waals surface area contributed by atoms with Crippen LogP contribution in [0, 0.1) is 19.7 Å². The van der Waals surface area contributed by atoms with Crippen LogP contribution in [-0.4, -0.2) is 25.3 Å². The van der Waals surface area contributed by atoms with Gasteiger partial charge in [-0.2, -0.15) is 5.10 Å². The van der Waals surface area contributed by atoms with Crippen LogP contribution in [0.15, 0.2) is 64.0 Å². The molecule has 0 saturated carbocycles. The van der Waals surface area contributed by atoms with Gasteiger partial charge in [0, 0.05) is 11.8 Å². The summed E-state index contributed by atoms with van der Waals surface area (Å²) in [5.41, 5.74) is 2.20. The minimum absolute atomic E-state index is 0.129. The van der Waals surface area contributed by atoms with E-state index < -0.39 is 21.7 Å². The van der Waals surface area contributed by atoms with Crippen molar-refractivity contribution in [3.8, 4) is 5.75 Å². The number of nitrogens with zero attached hydrogens (tertiary/aromatic N) is 2. The van der Waals surface area contributed by atoms with Gasteiger partial charge in [-0.3, -0.25) is 0 Å². The maximum atomic E-state index is 14.4. The molecule has 0 aliphatic carbocycles. The Labute approximate surface area is 174 Å². The van der Waals surface area contributed by atoms with Crippen molar-refractivity contribution < 1.29 is 17.5 Å². The third kappa shape index (κ3) is 3.27. The number of allylic oxidation sites excluding steroid dienone is 2. The zero-order valence-electron chi connectivity index (χ0n) is 17.1. The average molecular weight is 428 g/mol. The summed E-state index contributed by atoms with van der Waals surface area (Å²) >= 11 is 0. The Morgan fingerprint density at radius 1 is 1.07 bits per heavy atom. The number of hydrogen-bond donors (Lipinski definition) is 1. The molecule has 1 aromatic heterocycles. The highest BCUT2D eigenvalue weighted by molar-refractivity contribution is 7.95. The molecule has 3 aromatic rings. The quantitative estimate of drug-likeness (QED) is 0.669. The Balaban J connectivity index is 1.93. The standard InChI is InChI=1S/C22H22FN3O3S/c1-13-5-6-16(12-19(13)23)21-22(15(3)24-20-11-14(2)25-26(20)21)30(27,28)18-9-7-17(29-4)8-10-18/h5-12,21,24H,1-4H3. The number of benzene rings is 2. The van der Waals surface area contributed by atoms with Gasteiger partial charge < -0.3 is 10.1 Å². The first-order valence-electron chi connectivity index (χ1n) is 9.41. The van der Waals surface area contributed by atoms with Gasteiger partial charge in [-0.15, -0.1) is 0 Å². The van der Waals surface area contributed by atoms with Gasteiger partial charge in [0.15, 0.2) is 0 Å². The van der Waals surface area contributed by atoms with Gasteiger partial charge in [0.2, 0.25) is 9.84 Å². The minimum Gasteiger partial charge on any atom is -0.497 e. The smallest absolute Gasteiger partial charge is 0.206 e. The molecule has 1 aliphatic rings. The van der Waals surface area contributed by atoms with Gasteiger partial charge in [0.25, 0.3) is 0 Å². The Kier molecular flexibility index (Phi) is 4.89. The zero-order valence-corrected chi connectivity index (χ0v) is 17.9. The van der Waals surface area contributed by atoms with E-state index in [-0.39, 0.29) is 9.80 Å².